The zero-order valence-electron chi connectivity index (χ0n) is 10.3. The van der Waals surface area contributed by atoms with E-state index in [0.717, 1.165) is 5.56 Å². The molecule has 3 N–H and O–H groups in total. The molecule has 2 aromatic rings. The molecule has 0 aliphatic heterocycles. The predicted octanol–water partition coefficient (Wildman–Crippen LogP) is 3.08. The van der Waals surface area contributed by atoms with Gasteiger partial charge >= 0.3 is 0 Å². The Morgan fingerprint density at radius 2 is 1.84 bits per heavy atom. The maximum absolute atomic E-state index is 13.0. The van der Waals surface area contributed by atoms with E-state index in [1.165, 1.54) is 18.2 Å². The van der Waals surface area contributed by atoms with Crippen LogP contribution in [0.4, 0.5) is 4.39 Å². The van der Waals surface area contributed by atoms with Crippen molar-refractivity contribution in [1.29, 1.82) is 0 Å². The number of rotatable bonds is 4. The Morgan fingerprint density at radius 1 is 1.16 bits per heavy atom. The first-order valence-corrected chi connectivity index (χ1v) is 6.38. The van der Waals surface area contributed by atoms with Gasteiger partial charge in [0.05, 0.1) is 12.1 Å². The highest BCUT2D eigenvalue weighted by Gasteiger charge is 2.19. The first-order chi connectivity index (χ1) is 9.08. The van der Waals surface area contributed by atoms with Gasteiger partial charge in [0, 0.05) is 11.4 Å². The number of hydrogen-bond acceptors (Lipinski definition) is 2. The minimum Gasteiger partial charge on any atom is -0.391 e. The van der Waals surface area contributed by atoms with Crippen LogP contribution in [0.5, 0.6) is 0 Å². The number of halogens is 2. The molecule has 0 fully saturated rings. The van der Waals surface area contributed by atoms with Gasteiger partial charge in [0.25, 0.3) is 0 Å². The zero-order chi connectivity index (χ0) is 13.8. The summed E-state index contributed by atoms with van der Waals surface area (Å²) < 4.78 is 13.0. The van der Waals surface area contributed by atoms with Crippen LogP contribution in [0.25, 0.3) is 0 Å². The van der Waals surface area contributed by atoms with Gasteiger partial charge in [-0.15, -0.1) is 0 Å². The van der Waals surface area contributed by atoms with Crippen LogP contribution in [0.1, 0.15) is 17.2 Å². The van der Waals surface area contributed by atoms with E-state index in [4.69, 9.17) is 17.3 Å². The maximum Gasteiger partial charge on any atom is 0.124 e. The average Bonchev–Trinajstić information content (AvgIpc) is 2.39. The number of nitrogens with two attached hydrogens (primary N) is 1. The second kappa shape index (κ2) is 6.15. The van der Waals surface area contributed by atoms with Crippen LogP contribution in [0, 0.1) is 5.82 Å². The van der Waals surface area contributed by atoms with Gasteiger partial charge in [-0.25, -0.2) is 4.39 Å². The fourth-order valence-corrected chi connectivity index (χ4v) is 2.25. The molecule has 2 aromatic carbocycles. The molecule has 0 spiro atoms. The summed E-state index contributed by atoms with van der Waals surface area (Å²) in [6.45, 7) is 0. The molecule has 100 valence electrons. The fourth-order valence-electron chi connectivity index (χ4n) is 1.96. The molecule has 19 heavy (non-hydrogen) atoms. The van der Waals surface area contributed by atoms with Gasteiger partial charge in [0.2, 0.25) is 0 Å². The molecule has 0 aliphatic rings. The molecule has 2 rings (SSSR count). The van der Waals surface area contributed by atoms with Crippen LogP contribution in [0.15, 0.2) is 48.5 Å². The van der Waals surface area contributed by atoms with Gasteiger partial charge in [-0.3, -0.25) is 0 Å². The smallest absolute Gasteiger partial charge is 0.124 e. The molecule has 2 nitrogen and oxygen atoms in total. The fraction of sp³-hybridized carbons (Fsp3) is 0.200. The summed E-state index contributed by atoms with van der Waals surface area (Å²) in [6.07, 6.45) is -0.347. The number of benzene rings is 2. The highest BCUT2D eigenvalue weighted by molar-refractivity contribution is 6.31. The monoisotopic (exact) mass is 279 g/mol. The Bertz CT molecular complexity index is 547. The summed E-state index contributed by atoms with van der Waals surface area (Å²) in [5.41, 5.74) is 7.52. The lowest BCUT2D eigenvalue weighted by atomic mass is 9.97. The molecule has 0 heterocycles. The Morgan fingerprint density at radius 3 is 2.47 bits per heavy atom. The topological polar surface area (TPSA) is 46.2 Å². The average molecular weight is 280 g/mol. The first kappa shape index (κ1) is 14.0. The Balaban J connectivity index is 2.12. The third-order valence-corrected chi connectivity index (χ3v) is 3.35. The molecule has 0 saturated heterocycles. The van der Waals surface area contributed by atoms with Crippen molar-refractivity contribution in [2.24, 2.45) is 5.73 Å². The van der Waals surface area contributed by atoms with Crippen molar-refractivity contribution in [2.75, 3.05) is 0 Å². The van der Waals surface area contributed by atoms with Crippen LogP contribution in [0.2, 0.25) is 5.02 Å². The Hall–Kier alpha value is -1.42. The molecule has 0 amide bonds. The van der Waals surface area contributed by atoms with Crippen molar-refractivity contribution >= 4 is 11.6 Å². The molecule has 0 radical (unpaired) electrons. The summed E-state index contributed by atoms with van der Waals surface area (Å²) >= 11 is 5.94. The molecule has 2 atom stereocenters. The van der Waals surface area contributed by atoms with Crippen LogP contribution >= 0.6 is 11.6 Å². The second-order valence-electron chi connectivity index (χ2n) is 4.45. The quantitative estimate of drug-likeness (QED) is 0.903. The Labute approximate surface area is 116 Å². The highest BCUT2D eigenvalue weighted by Crippen LogP contribution is 2.25. The van der Waals surface area contributed by atoms with E-state index in [1.54, 1.807) is 0 Å². The van der Waals surface area contributed by atoms with E-state index < -0.39 is 18.0 Å². The summed E-state index contributed by atoms with van der Waals surface area (Å²) in [5.74, 6) is -0.418. The maximum atomic E-state index is 13.0. The van der Waals surface area contributed by atoms with Crippen molar-refractivity contribution in [3.63, 3.8) is 0 Å². The summed E-state index contributed by atoms with van der Waals surface area (Å²) in [4.78, 5) is 0. The summed E-state index contributed by atoms with van der Waals surface area (Å²) in [7, 11) is 0. The SMILES string of the molecule is N[C@@H](c1ccc(F)cc1Cl)[C@H](O)Cc1ccccc1. The van der Waals surface area contributed by atoms with Crippen molar-refractivity contribution in [1.82, 2.24) is 0 Å². The van der Waals surface area contributed by atoms with E-state index in [9.17, 15) is 9.50 Å². The van der Waals surface area contributed by atoms with Crippen molar-refractivity contribution < 1.29 is 9.50 Å². The van der Waals surface area contributed by atoms with Crippen molar-refractivity contribution in [3.05, 3.63) is 70.5 Å². The second-order valence-corrected chi connectivity index (χ2v) is 4.86. The zero-order valence-corrected chi connectivity index (χ0v) is 11.0. The van der Waals surface area contributed by atoms with Crippen molar-refractivity contribution in [3.8, 4) is 0 Å². The minimum atomic E-state index is -0.773. The summed E-state index contributed by atoms with van der Waals surface area (Å²) in [6, 6.07) is 12.9. The van der Waals surface area contributed by atoms with E-state index in [2.05, 4.69) is 0 Å². The van der Waals surface area contributed by atoms with Crippen molar-refractivity contribution in [2.45, 2.75) is 18.6 Å². The van der Waals surface area contributed by atoms with E-state index in [1.807, 2.05) is 30.3 Å². The molecule has 0 bridgehead atoms. The van der Waals surface area contributed by atoms with Gasteiger partial charge in [-0.2, -0.15) is 0 Å². The highest BCUT2D eigenvalue weighted by atomic mass is 35.5. The number of aliphatic hydroxyl groups excluding tert-OH is 1. The van der Waals surface area contributed by atoms with Gasteiger partial charge in [0.1, 0.15) is 5.82 Å². The number of aliphatic hydroxyl groups is 1. The van der Waals surface area contributed by atoms with Crippen LogP contribution in [-0.2, 0) is 6.42 Å². The van der Waals surface area contributed by atoms with Crippen LogP contribution in [-0.4, -0.2) is 11.2 Å². The molecule has 0 saturated carbocycles. The molecule has 0 aromatic heterocycles. The Kier molecular flexibility index (Phi) is 4.53. The third-order valence-electron chi connectivity index (χ3n) is 3.02. The van der Waals surface area contributed by atoms with Gasteiger partial charge in [0.15, 0.2) is 0 Å². The van der Waals surface area contributed by atoms with Gasteiger partial charge in [-0.05, 0) is 23.3 Å². The lowest BCUT2D eigenvalue weighted by Crippen LogP contribution is -2.28. The lowest BCUT2D eigenvalue weighted by Gasteiger charge is -2.20. The van der Waals surface area contributed by atoms with Crippen LogP contribution < -0.4 is 5.73 Å². The first-order valence-electron chi connectivity index (χ1n) is 6.00. The molecule has 4 heteroatoms. The predicted molar refractivity (Wildman–Crippen MR) is 74.5 cm³/mol. The molecular weight excluding hydrogens is 265 g/mol. The van der Waals surface area contributed by atoms with E-state index >= 15 is 0 Å². The van der Waals surface area contributed by atoms with Crippen LogP contribution in [0.3, 0.4) is 0 Å². The van der Waals surface area contributed by atoms with E-state index in [0.29, 0.717) is 12.0 Å². The summed E-state index contributed by atoms with van der Waals surface area (Å²) in [5, 5.41) is 10.4. The standard InChI is InChI=1S/C15H15ClFNO/c16-13-9-11(17)6-7-12(13)15(18)14(19)8-10-4-2-1-3-5-10/h1-7,9,14-15,19H,8,18H2/t14-,15+/m1/s1. The molecule has 0 aliphatic carbocycles. The van der Waals surface area contributed by atoms with Gasteiger partial charge in [-0.1, -0.05) is 48.0 Å². The normalized spacial score (nSPS) is 14.1. The lowest BCUT2D eigenvalue weighted by molar-refractivity contribution is 0.145. The molecule has 0 unspecified atom stereocenters. The van der Waals surface area contributed by atoms with E-state index in [-0.39, 0.29) is 5.02 Å². The third kappa shape index (κ3) is 3.53. The minimum absolute atomic E-state index is 0.236. The van der Waals surface area contributed by atoms with Gasteiger partial charge < -0.3 is 10.8 Å². The largest absolute Gasteiger partial charge is 0.391 e. The molecular formula is C15H15ClFNO. The number of hydrogen-bond donors (Lipinski definition) is 2.